The molecule has 4 aromatic heterocycles. The van der Waals surface area contributed by atoms with Crippen molar-refractivity contribution in [2.45, 2.75) is 57.1 Å². The van der Waals surface area contributed by atoms with Gasteiger partial charge < -0.3 is 20.3 Å². The lowest BCUT2D eigenvalue weighted by Gasteiger charge is -2.33. The molecule has 0 radical (unpaired) electrons. The molecular formula is C36H39N9O2S. The first kappa shape index (κ1) is 31.7. The molecular weight excluding hydrogens is 623 g/mol. The number of amides is 1. The van der Waals surface area contributed by atoms with Gasteiger partial charge in [-0.25, -0.2) is 14.8 Å². The first-order valence-corrected chi connectivity index (χ1v) is 17.5. The smallest absolute Gasteiger partial charge is 0.410 e. The molecule has 0 spiro atoms. The Kier molecular flexibility index (Phi) is 9.58. The number of nitrogens with zero attached hydrogens (tertiary/aromatic N) is 7. The number of nitrogens with one attached hydrogen (secondary N) is 2. The highest BCUT2D eigenvalue weighted by Crippen LogP contribution is 2.38. The third-order valence-electron chi connectivity index (χ3n) is 9.58. The summed E-state index contributed by atoms with van der Waals surface area (Å²) in [5.41, 5.74) is 4.13. The molecule has 0 unspecified atom stereocenters. The first-order valence-electron chi connectivity index (χ1n) is 16.7. The number of pyridine rings is 2. The first-order chi connectivity index (χ1) is 23.6. The van der Waals surface area contributed by atoms with Crippen LogP contribution in [0.1, 0.15) is 60.6 Å². The molecule has 1 aliphatic carbocycles. The highest BCUT2D eigenvalue weighted by molar-refractivity contribution is 7.14. The van der Waals surface area contributed by atoms with Gasteiger partial charge in [-0.15, -0.1) is 10.2 Å². The number of fused-ring (bicyclic) bond motifs is 1. The van der Waals surface area contributed by atoms with Crippen LogP contribution in [0.2, 0.25) is 0 Å². The van der Waals surface area contributed by atoms with Gasteiger partial charge in [0.05, 0.1) is 11.1 Å². The molecule has 0 atom stereocenters. The molecule has 1 aromatic carbocycles. The Balaban J connectivity index is 0.886. The van der Waals surface area contributed by atoms with Crippen LogP contribution in [-0.2, 0) is 11.3 Å². The number of carbonyl (C=O) groups is 1. The zero-order valence-corrected chi connectivity index (χ0v) is 27.8. The maximum Gasteiger partial charge on any atom is 0.410 e. The third-order valence-corrected chi connectivity index (χ3v) is 10.7. The van der Waals surface area contributed by atoms with Gasteiger partial charge in [0, 0.05) is 67.8 Å². The minimum Gasteiger partial charge on any atom is -0.445 e. The van der Waals surface area contributed by atoms with E-state index in [1.807, 2.05) is 77.4 Å². The lowest BCUT2D eigenvalue weighted by molar-refractivity contribution is 0.0817. The van der Waals surface area contributed by atoms with Crippen molar-refractivity contribution in [2.24, 2.45) is 5.92 Å². The monoisotopic (exact) mass is 661 g/mol. The Hall–Kier alpha value is -4.86. The van der Waals surface area contributed by atoms with Gasteiger partial charge in [0.25, 0.3) is 0 Å². The molecule has 11 nitrogen and oxygen atoms in total. The van der Waals surface area contributed by atoms with E-state index in [1.165, 1.54) is 0 Å². The van der Waals surface area contributed by atoms with Crippen LogP contribution < -0.4 is 10.6 Å². The fraction of sp³-hybridized carbons (Fsp3) is 0.389. The number of hydrogen-bond donors (Lipinski definition) is 2. The minimum absolute atomic E-state index is 0.210. The Morgan fingerprint density at radius 3 is 2.60 bits per heavy atom. The summed E-state index contributed by atoms with van der Waals surface area (Å²) in [6.07, 6.45) is 11.6. The van der Waals surface area contributed by atoms with E-state index in [4.69, 9.17) is 9.72 Å². The van der Waals surface area contributed by atoms with Crippen LogP contribution in [-0.4, -0.2) is 68.4 Å². The maximum absolute atomic E-state index is 12.5. The number of hydrogen-bond acceptors (Lipinski definition) is 10. The molecule has 1 saturated heterocycles. The van der Waals surface area contributed by atoms with Crippen molar-refractivity contribution in [2.75, 3.05) is 32.0 Å². The van der Waals surface area contributed by atoms with Gasteiger partial charge in [0.15, 0.2) is 5.01 Å². The van der Waals surface area contributed by atoms with Crippen molar-refractivity contribution >= 4 is 34.2 Å². The van der Waals surface area contributed by atoms with Crippen LogP contribution in [0, 0.1) is 17.2 Å². The predicted molar refractivity (Wildman–Crippen MR) is 186 cm³/mol. The molecule has 12 heteroatoms. The van der Waals surface area contributed by atoms with Gasteiger partial charge in [0.2, 0.25) is 0 Å². The number of ether oxygens (including phenoxy) is 1. The second-order valence-corrected chi connectivity index (χ2v) is 13.7. The molecule has 48 heavy (non-hydrogen) atoms. The van der Waals surface area contributed by atoms with Crippen molar-refractivity contribution in [3.05, 3.63) is 83.3 Å². The summed E-state index contributed by atoms with van der Waals surface area (Å²) in [5, 5.41) is 28.4. The number of anilines is 1. The zero-order chi connectivity index (χ0) is 32.9. The van der Waals surface area contributed by atoms with Crippen molar-refractivity contribution < 1.29 is 9.53 Å². The maximum atomic E-state index is 12.5. The zero-order valence-electron chi connectivity index (χ0n) is 27.0. The van der Waals surface area contributed by atoms with Gasteiger partial charge >= 0.3 is 6.09 Å². The Labute approximate surface area is 284 Å². The summed E-state index contributed by atoms with van der Waals surface area (Å²) < 4.78 is 7.45. The van der Waals surface area contributed by atoms with E-state index in [2.05, 4.69) is 31.9 Å². The Morgan fingerprint density at radius 2 is 1.83 bits per heavy atom. The third kappa shape index (κ3) is 7.02. The summed E-state index contributed by atoms with van der Waals surface area (Å²) in [6, 6.07) is 18.2. The largest absolute Gasteiger partial charge is 0.445 e. The molecule has 5 heterocycles. The van der Waals surface area contributed by atoms with Gasteiger partial charge in [-0.3, -0.25) is 4.57 Å². The number of benzene rings is 1. The van der Waals surface area contributed by atoms with Crippen LogP contribution in [0.3, 0.4) is 0 Å². The minimum atomic E-state index is -0.210. The van der Waals surface area contributed by atoms with Crippen LogP contribution in [0.4, 0.5) is 10.5 Å². The molecule has 2 N–H and O–H groups in total. The van der Waals surface area contributed by atoms with Crippen molar-refractivity contribution in [1.82, 2.24) is 34.9 Å². The van der Waals surface area contributed by atoms with Crippen molar-refractivity contribution in [1.29, 1.82) is 5.26 Å². The number of nitriles is 1. The van der Waals surface area contributed by atoms with Gasteiger partial charge in [-0.1, -0.05) is 41.7 Å². The second-order valence-electron chi connectivity index (χ2n) is 12.6. The van der Waals surface area contributed by atoms with Crippen molar-refractivity contribution in [3.8, 4) is 22.5 Å². The summed E-state index contributed by atoms with van der Waals surface area (Å²) in [5.74, 6) is 1.73. The summed E-state index contributed by atoms with van der Waals surface area (Å²) >= 11 is 1.66. The standard InChI is InChI=1S/C36H39N9O2S/c1-38-31-18-32(45-16-13-28-17-26(19-37)21-41-33(28)45)40-22-30(31)35-43-42-34(48-35)27-7-9-29(10-8-27)39-20-24-11-14-44(15-12-24)36(46)47-23-25-5-3-2-4-6-25/h2-6,13,16-18,21-22,24,27,29,39H,7-12,14-15,20,23H2,1H3,(H,38,40)/t27-,29-. The molecule has 2 aliphatic rings. The molecule has 0 bridgehead atoms. The highest BCUT2D eigenvalue weighted by Gasteiger charge is 2.28. The average molecular weight is 662 g/mol. The fourth-order valence-corrected chi connectivity index (χ4v) is 7.78. The topological polar surface area (TPSA) is 134 Å². The normalized spacial score (nSPS) is 18.5. The number of aromatic nitrogens is 5. The van der Waals surface area contributed by atoms with E-state index in [-0.39, 0.29) is 6.09 Å². The predicted octanol–water partition coefficient (Wildman–Crippen LogP) is 6.52. The quantitative estimate of drug-likeness (QED) is 0.181. The van der Waals surface area contributed by atoms with Crippen molar-refractivity contribution in [3.63, 3.8) is 0 Å². The number of piperidine rings is 1. The van der Waals surface area contributed by atoms with Gasteiger partial charge in [-0.2, -0.15) is 5.26 Å². The molecule has 2 fully saturated rings. The van der Waals surface area contributed by atoms with E-state index >= 15 is 0 Å². The molecule has 246 valence electrons. The number of likely N-dealkylation sites (tertiary alicyclic amines) is 1. The van der Waals surface area contributed by atoms with Crippen LogP contribution in [0.25, 0.3) is 27.4 Å². The molecule has 5 aromatic rings. The second kappa shape index (κ2) is 14.5. The highest BCUT2D eigenvalue weighted by atomic mass is 32.1. The Morgan fingerprint density at radius 1 is 1.02 bits per heavy atom. The van der Waals surface area contributed by atoms with E-state index in [0.29, 0.717) is 30.0 Å². The van der Waals surface area contributed by atoms with E-state index in [1.54, 1.807) is 17.5 Å². The van der Waals surface area contributed by atoms with E-state index in [0.717, 1.165) is 102 Å². The molecule has 1 saturated carbocycles. The summed E-state index contributed by atoms with van der Waals surface area (Å²) in [4.78, 5) is 23.6. The average Bonchev–Trinajstić information content (AvgIpc) is 3.81. The van der Waals surface area contributed by atoms with Crippen LogP contribution >= 0.6 is 11.3 Å². The van der Waals surface area contributed by atoms with Gasteiger partial charge in [0.1, 0.15) is 29.1 Å². The number of rotatable bonds is 9. The Bertz CT molecular complexity index is 1900. The lowest BCUT2D eigenvalue weighted by Crippen LogP contribution is -2.43. The number of carbonyl (C=O) groups excluding carboxylic acids is 1. The van der Waals surface area contributed by atoms with E-state index in [9.17, 15) is 10.1 Å². The summed E-state index contributed by atoms with van der Waals surface area (Å²) in [6.45, 7) is 2.83. The van der Waals surface area contributed by atoms with Crippen LogP contribution in [0.5, 0.6) is 0 Å². The SMILES string of the molecule is CNc1cc(-n2ccc3cc(C#N)cnc32)ncc1-c1nnc([C@H]2CC[C@H](NCC3CCN(C(=O)OCc4ccccc4)CC3)CC2)s1. The molecule has 1 aliphatic heterocycles. The van der Waals surface area contributed by atoms with Gasteiger partial charge in [-0.05, 0) is 68.7 Å². The molecule has 1 amide bonds. The fourth-order valence-electron chi connectivity index (χ4n) is 6.74. The van der Waals surface area contributed by atoms with E-state index < -0.39 is 0 Å². The summed E-state index contributed by atoms with van der Waals surface area (Å²) in [7, 11) is 1.90. The van der Waals surface area contributed by atoms with Crippen LogP contribution in [0.15, 0.2) is 67.1 Å². The lowest BCUT2D eigenvalue weighted by atomic mass is 9.86. The molecule has 7 rings (SSSR count).